The number of rotatable bonds is 10. The summed E-state index contributed by atoms with van der Waals surface area (Å²) >= 11 is 0. The molecule has 0 aromatic heterocycles. The summed E-state index contributed by atoms with van der Waals surface area (Å²) in [4.78, 5) is 4.23. The Morgan fingerprint density at radius 1 is 1.07 bits per heavy atom. The van der Waals surface area contributed by atoms with E-state index < -0.39 is 0 Å². The molecule has 7 heteroatoms. The van der Waals surface area contributed by atoms with Crippen LogP contribution in [0.25, 0.3) is 0 Å². The van der Waals surface area contributed by atoms with Gasteiger partial charge in [-0.05, 0) is 29.2 Å². The summed E-state index contributed by atoms with van der Waals surface area (Å²) < 4.78 is 24.5. The second-order valence-electron chi connectivity index (χ2n) is 6.77. The van der Waals surface area contributed by atoms with Gasteiger partial charge in [0.05, 0.1) is 19.8 Å². The van der Waals surface area contributed by atoms with Gasteiger partial charge in [0.25, 0.3) is 0 Å². The zero-order chi connectivity index (χ0) is 20.2. The number of nitrogens with one attached hydrogen (secondary N) is 2. The van der Waals surface area contributed by atoms with E-state index in [1.807, 2.05) is 18.2 Å². The summed E-state index contributed by atoms with van der Waals surface area (Å²) in [5.74, 6) is 0.784. The molecule has 0 spiro atoms. The Balaban J connectivity index is 0.00000420. The quantitative estimate of drug-likeness (QED) is 0.284. The van der Waals surface area contributed by atoms with E-state index in [-0.39, 0.29) is 36.4 Å². The van der Waals surface area contributed by atoms with Gasteiger partial charge in [0, 0.05) is 32.8 Å². The van der Waals surface area contributed by atoms with Gasteiger partial charge in [-0.3, -0.25) is 4.99 Å². The highest BCUT2D eigenvalue weighted by Gasteiger charge is 2.07. The number of benzene rings is 2. The number of methoxy groups -OCH3 is 1. The lowest BCUT2D eigenvalue weighted by Gasteiger charge is -2.16. The lowest BCUT2D eigenvalue weighted by molar-refractivity contribution is 0.0931. The van der Waals surface area contributed by atoms with Crippen molar-refractivity contribution in [2.45, 2.75) is 26.7 Å². The molecule has 0 saturated carbocycles. The maximum Gasteiger partial charge on any atom is 0.191 e. The van der Waals surface area contributed by atoms with Gasteiger partial charge < -0.3 is 20.1 Å². The Hall–Kier alpha value is -1.71. The van der Waals surface area contributed by atoms with Crippen molar-refractivity contribution in [3.63, 3.8) is 0 Å². The fourth-order valence-electron chi connectivity index (χ4n) is 2.69. The molecule has 0 aliphatic carbocycles. The third-order valence-corrected chi connectivity index (χ3v) is 4.23. The predicted octanol–water partition coefficient (Wildman–Crippen LogP) is 4.11. The Morgan fingerprint density at radius 3 is 2.52 bits per heavy atom. The smallest absolute Gasteiger partial charge is 0.191 e. The lowest BCUT2D eigenvalue weighted by Crippen LogP contribution is -2.39. The van der Waals surface area contributed by atoms with E-state index in [0.717, 1.165) is 12.1 Å². The topological polar surface area (TPSA) is 54.9 Å². The van der Waals surface area contributed by atoms with Crippen LogP contribution in [0, 0.1) is 11.7 Å². The zero-order valence-electron chi connectivity index (χ0n) is 17.3. The largest absolute Gasteiger partial charge is 0.380 e. The van der Waals surface area contributed by atoms with Crippen molar-refractivity contribution in [3.05, 3.63) is 71.0 Å². The molecule has 160 valence electrons. The second-order valence-corrected chi connectivity index (χ2v) is 6.77. The summed E-state index contributed by atoms with van der Waals surface area (Å²) in [6, 6.07) is 15.2. The monoisotopic (exact) mass is 515 g/mol. The fourth-order valence-corrected chi connectivity index (χ4v) is 2.69. The highest BCUT2D eigenvalue weighted by molar-refractivity contribution is 14.0. The van der Waals surface area contributed by atoms with E-state index >= 15 is 0 Å². The first kappa shape index (κ1) is 25.3. The molecule has 0 aliphatic rings. The van der Waals surface area contributed by atoms with Crippen molar-refractivity contribution in [2.24, 2.45) is 10.9 Å². The summed E-state index contributed by atoms with van der Waals surface area (Å²) in [5.41, 5.74) is 2.69. The van der Waals surface area contributed by atoms with E-state index in [2.05, 4.69) is 34.7 Å². The van der Waals surface area contributed by atoms with E-state index in [1.54, 1.807) is 26.3 Å². The Bertz CT molecular complexity index is 744. The van der Waals surface area contributed by atoms with Gasteiger partial charge >= 0.3 is 0 Å². The van der Waals surface area contributed by atoms with E-state index in [9.17, 15) is 4.39 Å². The SMILES string of the molecule is CN=C(NCc1ccc(F)c(COC)c1)NCC(C)COCc1ccccc1.I. The molecule has 5 nitrogen and oxygen atoms in total. The molecule has 29 heavy (non-hydrogen) atoms. The molecule has 1 unspecified atom stereocenters. The van der Waals surface area contributed by atoms with Gasteiger partial charge in [-0.15, -0.1) is 24.0 Å². The van der Waals surface area contributed by atoms with Crippen LogP contribution in [0.2, 0.25) is 0 Å². The molecule has 2 aromatic rings. The van der Waals surface area contributed by atoms with Crippen molar-refractivity contribution in [2.75, 3.05) is 27.3 Å². The van der Waals surface area contributed by atoms with Crippen LogP contribution in [-0.2, 0) is 29.2 Å². The minimum absolute atomic E-state index is 0. The molecule has 0 radical (unpaired) electrons. The van der Waals surface area contributed by atoms with Gasteiger partial charge in [-0.25, -0.2) is 4.39 Å². The second kappa shape index (κ2) is 14.3. The molecule has 0 saturated heterocycles. The average molecular weight is 515 g/mol. The predicted molar refractivity (Wildman–Crippen MR) is 126 cm³/mol. The maximum atomic E-state index is 13.7. The molecule has 0 fully saturated rings. The normalized spacial score (nSPS) is 12.2. The molecule has 2 N–H and O–H groups in total. The van der Waals surface area contributed by atoms with Crippen LogP contribution < -0.4 is 10.6 Å². The third-order valence-electron chi connectivity index (χ3n) is 4.23. The number of aliphatic imine (C=N–C) groups is 1. The molecule has 2 rings (SSSR count). The maximum absolute atomic E-state index is 13.7. The third kappa shape index (κ3) is 9.56. The van der Waals surface area contributed by atoms with Gasteiger partial charge in [-0.2, -0.15) is 0 Å². The first-order valence-corrected chi connectivity index (χ1v) is 9.44. The molecular formula is C22H31FIN3O2. The van der Waals surface area contributed by atoms with Crippen molar-refractivity contribution >= 4 is 29.9 Å². The number of hydrogen-bond donors (Lipinski definition) is 2. The molecule has 0 heterocycles. The number of halogens is 2. The summed E-state index contributed by atoms with van der Waals surface area (Å²) in [6.07, 6.45) is 0. The van der Waals surface area contributed by atoms with E-state index in [1.165, 1.54) is 11.6 Å². The van der Waals surface area contributed by atoms with Crippen molar-refractivity contribution in [1.29, 1.82) is 0 Å². The minimum atomic E-state index is -0.252. The number of ether oxygens (including phenoxy) is 2. The summed E-state index contributed by atoms with van der Waals surface area (Å²) in [7, 11) is 3.29. The first-order valence-electron chi connectivity index (χ1n) is 9.44. The Kier molecular flexibility index (Phi) is 12.5. The van der Waals surface area contributed by atoms with Crippen LogP contribution in [0.15, 0.2) is 53.5 Å². The first-order chi connectivity index (χ1) is 13.6. The van der Waals surface area contributed by atoms with Crippen LogP contribution >= 0.6 is 24.0 Å². The van der Waals surface area contributed by atoms with Gasteiger partial charge in [-0.1, -0.05) is 43.3 Å². The number of guanidine groups is 1. The number of hydrogen-bond acceptors (Lipinski definition) is 3. The Labute approximate surface area is 190 Å². The molecular weight excluding hydrogens is 484 g/mol. The van der Waals surface area contributed by atoms with Crippen LogP contribution in [0.5, 0.6) is 0 Å². The Morgan fingerprint density at radius 2 is 1.83 bits per heavy atom. The van der Waals surface area contributed by atoms with Crippen LogP contribution in [-0.4, -0.2) is 33.3 Å². The molecule has 1 atom stereocenters. The standard InChI is InChI=1S/C22H30FN3O2.HI/c1-17(14-28-15-18-7-5-4-6-8-18)12-25-22(24-2)26-13-19-9-10-21(23)20(11-19)16-27-3;/h4-11,17H,12-16H2,1-3H3,(H2,24,25,26);1H. The van der Waals surface area contributed by atoms with Gasteiger partial charge in [0.2, 0.25) is 0 Å². The fraction of sp³-hybridized carbons (Fsp3) is 0.409. The molecule has 0 bridgehead atoms. The van der Waals surface area contributed by atoms with Gasteiger partial charge in [0.1, 0.15) is 5.82 Å². The molecule has 2 aromatic carbocycles. The van der Waals surface area contributed by atoms with E-state index in [4.69, 9.17) is 9.47 Å². The van der Waals surface area contributed by atoms with Crippen molar-refractivity contribution < 1.29 is 13.9 Å². The van der Waals surface area contributed by atoms with Crippen molar-refractivity contribution in [3.8, 4) is 0 Å². The summed E-state index contributed by atoms with van der Waals surface area (Å²) in [5, 5.41) is 6.55. The molecule has 0 aliphatic heterocycles. The van der Waals surface area contributed by atoms with Gasteiger partial charge in [0.15, 0.2) is 5.96 Å². The zero-order valence-corrected chi connectivity index (χ0v) is 19.6. The van der Waals surface area contributed by atoms with Crippen molar-refractivity contribution in [1.82, 2.24) is 10.6 Å². The summed E-state index contributed by atoms with van der Waals surface area (Å²) in [6.45, 7) is 4.96. The van der Waals surface area contributed by atoms with Crippen LogP contribution in [0.4, 0.5) is 4.39 Å². The lowest BCUT2D eigenvalue weighted by atomic mass is 10.1. The molecule has 0 amide bonds. The van der Waals surface area contributed by atoms with Crippen LogP contribution in [0.3, 0.4) is 0 Å². The average Bonchev–Trinajstić information content (AvgIpc) is 2.71. The minimum Gasteiger partial charge on any atom is -0.380 e. The van der Waals surface area contributed by atoms with E-state index in [0.29, 0.717) is 37.2 Å². The highest BCUT2D eigenvalue weighted by atomic mass is 127. The van der Waals surface area contributed by atoms with Crippen LogP contribution in [0.1, 0.15) is 23.6 Å². The number of nitrogens with zero attached hydrogens (tertiary/aromatic N) is 1. The highest BCUT2D eigenvalue weighted by Crippen LogP contribution is 2.11.